The van der Waals surface area contributed by atoms with Gasteiger partial charge in [-0.05, 0) is 28.8 Å². The van der Waals surface area contributed by atoms with Gasteiger partial charge in [0.2, 0.25) is 8.77 Å². The molecule has 22 heavy (non-hydrogen) atoms. The molecule has 1 aromatic rings. The molecule has 1 atom stereocenters. The molecule has 0 spiro atoms. The van der Waals surface area contributed by atoms with Crippen LogP contribution in [0.25, 0.3) is 0 Å². The minimum Gasteiger partial charge on any atom is -0.343 e. The zero-order valence-electron chi connectivity index (χ0n) is 14.3. The molecule has 122 valence electrons. The summed E-state index contributed by atoms with van der Waals surface area (Å²) in [5.41, 5.74) is 4.88. The molecule has 0 aromatic heterocycles. The molecule has 0 saturated heterocycles. The van der Waals surface area contributed by atoms with Gasteiger partial charge in [0.1, 0.15) is 6.11 Å². The van der Waals surface area contributed by atoms with Crippen LogP contribution >= 0.6 is 0 Å². The van der Waals surface area contributed by atoms with Gasteiger partial charge in [0, 0.05) is 11.2 Å². The van der Waals surface area contributed by atoms with E-state index in [0.717, 1.165) is 0 Å². The van der Waals surface area contributed by atoms with E-state index in [2.05, 4.69) is 53.2 Å². The van der Waals surface area contributed by atoms with E-state index in [9.17, 15) is 4.21 Å². The fourth-order valence-electron chi connectivity index (χ4n) is 3.23. The first kappa shape index (κ1) is 19.2. The van der Waals surface area contributed by atoms with Crippen LogP contribution < -0.4 is 0 Å². The van der Waals surface area contributed by atoms with Gasteiger partial charge < -0.3 is 4.18 Å². The normalized spacial score (nSPS) is 14.6. The quantitative estimate of drug-likeness (QED) is 0.555. The lowest BCUT2D eigenvalue weighted by Crippen LogP contribution is -2.43. The molecule has 0 N–H and O–H groups in total. The van der Waals surface area contributed by atoms with Gasteiger partial charge in [0.05, 0.1) is 4.90 Å². The summed E-state index contributed by atoms with van der Waals surface area (Å²) in [6.07, 6.45) is 2.74. The molecule has 1 aromatic carbocycles. The van der Waals surface area contributed by atoms with Crippen molar-refractivity contribution in [2.45, 2.75) is 63.1 Å². The van der Waals surface area contributed by atoms with Crippen LogP contribution in [-0.2, 0) is 24.1 Å². The Morgan fingerprint density at radius 1 is 1.00 bits per heavy atom. The molecule has 5 heteroatoms. The molecule has 0 heterocycles. The number of benzene rings is 1. The van der Waals surface area contributed by atoms with Crippen LogP contribution in [0.15, 0.2) is 35.2 Å². The maximum atomic E-state index is 12.5. The average Bonchev–Trinajstić information content (AvgIpc) is 2.43. The fourth-order valence-corrected chi connectivity index (χ4v) is 9.57. The first-order valence-electron chi connectivity index (χ1n) is 7.65. The minimum absolute atomic E-state index is 0.501. The van der Waals surface area contributed by atoms with Crippen LogP contribution in [0.5, 0.6) is 0 Å². The lowest BCUT2D eigenvalue weighted by Gasteiger charge is -2.37. The lowest BCUT2D eigenvalue weighted by molar-refractivity contribution is 0.534. The third-order valence-electron chi connectivity index (χ3n) is 4.32. The number of hydrogen-bond donors (Lipinski definition) is 0. The number of rotatable bonds is 5. The van der Waals surface area contributed by atoms with Crippen molar-refractivity contribution < 1.29 is 8.39 Å². The second-order valence-corrected chi connectivity index (χ2v) is 14.9. The third kappa shape index (κ3) is 4.12. The lowest BCUT2D eigenvalue weighted by atomic mass is 10.4. The largest absolute Gasteiger partial charge is 0.343 e. The summed E-state index contributed by atoms with van der Waals surface area (Å²) in [6.45, 7) is 13.4. The molecule has 0 radical (unpaired) electrons. The summed E-state index contributed by atoms with van der Waals surface area (Å²) in [7, 11) is -4.86. The summed E-state index contributed by atoms with van der Waals surface area (Å²) in [6, 6.07) is 8.89. The highest BCUT2D eigenvalue weighted by molar-refractivity contribution is 8.30. The Morgan fingerprint density at radius 2 is 1.45 bits per heavy atom. The van der Waals surface area contributed by atoms with E-state index in [-0.39, 0.29) is 0 Å². The van der Waals surface area contributed by atoms with Gasteiger partial charge in [0.25, 0.3) is 0 Å². The van der Waals surface area contributed by atoms with Gasteiger partial charge in [-0.15, -0.1) is 0 Å². The van der Waals surface area contributed by atoms with Crippen LogP contribution in [0.1, 0.15) is 41.5 Å². The van der Waals surface area contributed by atoms with E-state index in [1.54, 1.807) is 24.3 Å². The van der Waals surface area contributed by atoms with Gasteiger partial charge >= 0.3 is 0 Å². The maximum absolute atomic E-state index is 12.5. The van der Waals surface area contributed by atoms with Crippen molar-refractivity contribution >= 4 is 28.0 Å². The smallest absolute Gasteiger partial charge is 0.223 e. The average molecular weight is 355 g/mol. The van der Waals surface area contributed by atoms with Crippen molar-refractivity contribution in [2.75, 3.05) is 0 Å². The molecule has 1 unspecified atom stereocenters. The van der Waals surface area contributed by atoms with E-state index in [1.165, 1.54) is 0 Å². The Balaban J connectivity index is 3.11. The predicted molar refractivity (Wildman–Crippen MR) is 100 cm³/mol. The van der Waals surface area contributed by atoms with Crippen LogP contribution in [0, 0.1) is 11.7 Å². The molecule has 0 saturated carbocycles. The Labute approximate surface area is 141 Å². The van der Waals surface area contributed by atoms with Crippen LogP contribution in [0.3, 0.4) is 0 Å². The zero-order chi connectivity index (χ0) is 17.0. The molecule has 0 fully saturated rings. The van der Waals surface area contributed by atoms with Gasteiger partial charge in [-0.25, -0.2) is 4.21 Å². The highest BCUT2D eigenvalue weighted by atomic mass is 32.8. The van der Waals surface area contributed by atoms with Crippen molar-refractivity contribution in [3.05, 3.63) is 30.3 Å². The van der Waals surface area contributed by atoms with Crippen molar-refractivity contribution in [3.63, 3.8) is 0 Å². The summed E-state index contributed by atoms with van der Waals surface area (Å²) in [4.78, 5) is 0.505. The standard InChI is InChI=1S/C17H26O2S2Si/c1-14(2)22(15(3)4,16(5)6)13-12-19-21(18,20)17-10-8-7-9-11-17/h7-11,14-16H,1-6H3. The number of hydrogen-bond acceptors (Lipinski definition) is 3. The van der Waals surface area contributed by atoms with Crippen LogP contribution in [0.2, 0.25) is 16.6 Å². The van der Waals surface area contributed by atoms with Crippen molar-refractivity contribution in [1.29, 1.82) is 0 Å². The maximum Gasteiger partial charge on any atom is 0.223 e. The Hall–Kier alpha value is -0.833. The second-order valence-electron chi connectivity index (χ2n) is 6.47. The van der Waals surface area contributed by atoms with Crippen molar-refractivity contribution in [3.8, 4) is 11.7 Å². The molecule has 0 amide bonds. The summed E-state index contributed by atoms with van der Waals surface area (Å²) in [5.74, 6) is 0. The highest BCUT2D eigenvalue weighted by Gasteiger charge is 2.42. The van der Waals surface area contributed by atoms with Gasteiger partial charge in [-0.2, -0.15) is 0 Å². The van der Waals surface area contributed by atoms with E-state index in [4.69, 9.17) is 15.4 Å². The SMILES string of the molecule is CC(C)[Si](C#COS(=O)(=S)c1ccccc1)(C(C)C)C(C)C. The molecular weight excluding hydrogens is 328 g/mol. The van der Waals surface area contributed by atoms with E-state index >= 15 is 0 Å². The zero-order valence-corrected chi connectivity index (χ0v) is 16.9. The Kier molecular flexibility index (Phi) is 6.66. The second kappa shape index (κ2) is 7.63. The molecule has 2 nitrogen and oxygen atoms in total. The summed E-state index contributed by atoms with van der Waals surface area (Å²) in [5, 5.41) is 0. The molecule has 0 aliphatic carbocycles. The van der Waals surface area contributed by atoms with Crippen LogP contribution in [0.4, 0.5) is 0 Å². The Bertz CT molecular complexity index is 616. The topological polar surface area (TPSA) is 26.3 Å². The van der Waals surface area contributed by atoms with Gasteiger partial charge in [-0.3, -0.25) is 0 Å². The summed E-state index contributed by atoms with van der Waals surface area (Å²) < 4.78 is 17.8. The van der Waals surface area contributed by atoms with Crippen LogP contribution in [-0.4, -0.2) is 12.3 Å². The molecule has 0 bridgehead atoms. The minimum atomic E-state index is -2.98. The first-order chi connectivity index (χ1) is 10.1. The van der Waals surface area contributed by atoms with E-state index < -0.39 is 16.8 Å². The van der Waals surface area contributed by atoms with E-state index in [0.29, 0.717) is 21.5 Å². The first-order valence-corrected chi connectivity index (χ1v) is 12.3. The van der Waals surface area contributed by atoms with E-state index in [1.807, 2.05) is 6.07 Å². The summed E-state index contributed by atoms with van der Waals surface area (Å²) >= 11 is 5.11. The monoisotopic (exact) mass is 354 g/mol. The molecule has 1 rings (SSSR count). The van der Waals surface area contributed by atoms with Gasteiger partial charge in [0.15, 0.2) is 8.07 Å². The third-order valence-corrected chi connectivity index (χ3v) is 12.5. The van der Waals surface area contributed by atoms with Crippen molar-refractivity contribution in [1.82, 2.24) is 0 Å². The molecule has 0 aliphatic rings. The molecule has 0 aliphatic heterocycles. The predicted octanol–water partition coefficient (Wildman–Crippen LogP) is 4.90. The van der Waals surface area contributed by atoms with Gasteiger partial charge in [-0.1, -0.05) is 65.3 Å². The highest BCUT2D eigenvalue weighted by Crippen LogP contribution is 2.40. The Morgan fingerprint density at radius 3 is 1.86 bits per heavy atom. The fraction of sp³-hybridized carbons (Fsp3) is 0.529. The molecular formula is C17H26O2S2Si. The van der Waals surface area contributed by atoms with Crippen molar-refractivity contribution in [2.24, 2.45) is 0 Å².